The lowest BCUT2D eigenvalue weighted by Crippen LogP contribution is -2.23. The molecule has 1 aliphatic heterocycles. The third-order valence-corrected chi connectivity index (χ3v) is 7.36. The zero-order chi connectivity index (χ0) is 27.4. The first kappa shape index (κ1) is 28.6. The molecule has 0 radical (unpaired) electrons. The van der Waals surface area contributed by atoms with Crippen LogP contribution < -0.4 is 16.0 Å². The number of anilines is 2. The fourth-order valence-corrected chi connectivity index (χ4v) is 5.16. The van der Waals surface area contributed by atoms with Crippen molar-refractivity contribution in [1.29, 1.82) is 0 Å². The fourth-order valence-electron chi connectivity index (χ4n) is 5.16. The number of rotatable bonds is 8. The highest BCUT2D eigenvalue weighted by atomic mass is 15.0. The highest BCUT2D eigenvalue weighted by Crippen LogP contribution is 2.36. The molecular formula is C34H49N3. The van der Waals surface area contributed by atoms with Crippen molar-refractivity contribution < 1.29 is 0 Å². The molecular weight excluding hydrogens is 450 g/mol. The molecule has 0 fully saturated rings. The van der Waals surface area contributed by atoms with Gasteiger partial charge in [0.25, 0.3) is 0 Å². The fraction of sp³-hybridized carbons (Fsp3) is 0.471. The van der Waals surface area contributed by atoms with Gasteiger partial charge in [-0.25, -0.2) is 0 Å². The molecule has 0 unspecified atom stereocenters. The lowest BCUT2D eigenvalue weighted by atomic mass is 9.92. The van der Waals surface area contributed by atoms with E-state index in [4.69, 9.17) is 0 Å². The number of benzene rings is 2. The van der Waals surface area contributed by atoms with E-state index in [0.29, 0.717) is 23.7 Å². The van der Waals surface area contributed by atoms with Gasteiger partial charge >= 0.3 is 0 Å². The van der Waals surface area contributed by atoms with Gasteiger partial charge in [0, 0.05) is 34.9 Å². The number of hydrogen-bond acceptors (Lipinski definition) is 3. The van der Waals surface area contributed by atoms with Crippen molar-refractivity contribution in [3.63, 3.8) is 0 Å². The second-order valence-electron chi connectivity index (χ2n) is 11.9. The molecule has 3 N–H and O–H groups in total. The predicted octanol–water partition coefficient (Wildman–Crippen LogP) is 10.1. The summed E-state index contributed by atoms with van der Waals surface area (Å²) >= 11 is 0. The van der Waals surface area contributed by atoms with E-state index in [1.165, 1.54) is 50.6 Å². The van der Waals surface area contributed by atoms with Crippen LogP contribution in [-0.4, -0.2) is 0 Å². The first-order valence-corrected chi connectivity index (χ1v) is 14.0. The van der Waals surface area contributed by atoms with Crippen LogP contribution in [0.5, 0.6) is 0 Å². The Morgan fingerprint density at radius 1 is 0.649 bits per heavy atom. The van der Waals surface area contributed by atoms with E-state index in [0.717, 1.165) is 17.8 Å². The summed E-state index contributed by atoms with van der Waals surface area (Å²) in [5, 5.41) is 11.4. The lowest BCUT2D eigenvalue weighted by molar-refractivity contribution is 0.826. The SMILES string of the molecule is CC1=C/C(=C(/C)Nc2c(C(C)C)cccc2C(C)C)N/C(=C(/C)Nc2c(C(C)C)cccc2C(C)C)C1. The molecule has 0 aliphatic carbocycles. The summed E-state index contributed by atoms with van der Waals surface area (Å²) in [7, 11) is 0. The molecule has 3 nitrogen and oxygen atoms in total. The Hall–Kier alpha value is -2.94. The van der Waals surface area contributed by atoms with Crippen molar-refractivity contribution in [3.05, 3.63) is 93.1 Å². The van der Waals surface area contributed by atoms with Crippen LogP contribution in [0.4, 0.5) is 11.4 Å². The molecule has 1 aliphatic rings. The second-order valence-corrected chi connectivity index (χ2v) is 11.9. The summed E-state index contributed by atoms with van der Waals surface area (Å²) < 4.78 is 0. The maximum absolute atomic E-state index is 3.84. The molecule has 0 atom stereocenters. The number of allylic oxidation sites excluding steroid dienone is 4. The molecule has 2 aromatic carbocycles. The van der Waals surface area contributed by atoms with Crippen LogP contribution in [-0.2, 0) is 0 Å². The van der Waals surface area contributed by atoms with Crippen molar-refractivity contribution in [1.82, 2.24) is 5.32 Å². The predicted molar refractivity (Wildman–Crippen MR) is 163 cm³/mol. The van der Waals surface area contributed by atoms with Gasteiger partial charge in [-0.15, -0.1) is 0 Å². The van der Waals surface area contributed by atoms with E-state index in [1.807, 2.05) is 0 Å². The highest BCUT2D eigenvalue weighted by molar-refractivity contribution is 5.65. The largest absolute Gasteiger partial charge is 0.357 e. The third kappa shape index (κ3) is 6.69. The van der Waals surface area contributed by atoms with Gasteiger partial charge in [-0.3, -0.25) is 0 Å². The van der Waals surface area contributed by atoms with Gasteiger partial charge in [-0.2, -0.15) is 0 Å². The van der Waals surface area contributed by atoms with Crippen molar-refractivity contribution in [2.45, 2.75) is 106 Å². The Morgan fingerprint density at radius 3 is 1.41 bits per heavy atom. The Labute approximate surface area is 226 Å². The zero-order valence-corrected chi connectivity index (χ0v) is 25.1. The van der Waals surface area contributed by atoms with E-state index in [2.05, 4.69) is 135 Å². The molecule has 0 saturated heterocycles. The van der Waals surface area contributed by atoms with Gasteiger partial charge in [-0.1, -0.05) is 97.4 Å². The average Bonchev–Trinajstić information content (AvgIpc) is 2.83. The lowest BCUT2D eigenvalue weighted by Gasteiger charge is -2.27. The van der Waals surface area contributed by atoms with Crippen molar-refractivity contribution >= 4 is 11.4 Å². The second kappa shape index (κ2) is 12.1. The van der Waals surface area contributed by atoms with Crippen LogP contribution in [0.1, 0.15) is 129 Å². The Morgan fingerprint density at radius 2 is 1.03 bits per heavy atom. The van der Waals surface area contributed by atoms with E-state index in [9.17, 15) is 0 Å². The standard InChI is InChI=1S/C34H49N3/c1-20(2)27-14-12-15-28(21(3)4)33(27)35-25(10)31-18-24(9)19-32(37-31)26(11)36-34-29(22(5)6)16-13-17-30(34)23(7)8/h12-18,20-23,35-37H,19H2,1-11H3/b31-25+,32-26-. The first-order valence-electron chi connectivity index (χ1n) is 14.0. The van der Waals surface area contributed by atoms with Gasteiger partial charge in [0.05, 0.1) is 5.70 Å². The molecule has 1 heterocycles. The summed E-state index contributed by atoms with van der Waals surface area (Å²) in [5.41, 5.74) is 14.0. The molecule has 0 bridgehead atoms. The molecule has 3 heteroatoms. The molecule has 0 spiro atoms. The zero-order valence-electron chi connectivity index (χ0n) is 25.1. The van der Waals surface area contributed by atoms with E-state index in [-0.39, 0.29) is 0 Å². The van der Waals surface area contributed by atoms with Gasteiger partial charge in [-0.05, 0) is 72.8 Å². The van der Waals surface area contributed by atoms with Crippen LogP contribution in [0.25, 0.3) is 0 Å². The number of para-hydroxylation sites is 2. The third-order valence-electron chi connectivity index (χ3n) is 7.36. The maximum atomic E-state index is 3.84. The van der Waals surface area contributed by atoms with Crippen LogP contribution in [0, 0.1) is 0 Å². The van der Waals surface area contributed by atoms with E-state index < -0.39 is 0 Å². The minimum Gasteiger partial charge on any atom is -0.357 e. The normalized spacial score (nSPS) is 16.8. The van der Waals surface area contributed by atoms with Crippen molar-refractivity contribution in [2.24, 2.45) is 0 Å². The number of hydrogen-bond donors (Lipinski definition) is 3. The summed E-state index contributed by atoms with van der Waals surface area (Å²) in [4.78, 5) is 0. The average molecular weight is 500 g/mol. The van der Waals surface area contributed by atoms with Crippen LogP contribution in [0.3, 0.4) is 0 Å². The van der Waals surface area contributed by atoms with Gasteiger partial charge < -0.3 is 16.0 Å². The van der Waals surface area contributed by atoms with Crippen molar-refractivity contribution in [2.75, 3.05) is 10.6 Å². The van der Waals surface area contributed by atoms with Crippen molar-refractivity contribution in [3.8, 4) is 0 Å². The van der Waals surface area contributed by atoms with Crippen LogP contribution in [0.2, 0.25) is 0 Å². The minimum atomic E-state index is 0.452. The summed E-state index contributed by atoms with van der Waals surface area (Å²) in [5.74, 6) is 1.82. The van der Waals surface area contributed by atoms with Gasteiger partial charge in [0.2, 0.25) is 0 Å². The molecule has 0 saturated carbocycles. The van der Waals surface area contributed by atoms with Gasteiger partial charge in [0.1, 0.15) is 0 Å². The first-order chi connectivity index (χ1) is 17.4. The van der Waals surface area contributed by atoms with Gasteiger partial charge in [0.15, 0.2) is 0 Å². The Kier molecular flexibility index (Phi) is 9.34. The maximum Gasteiger partial charge on any atom is 0.0575 e. The smallest absolute Gasteiger partial charge is 0.0575 e. The topological polar surface area (TPSA) is 36.1 Å². The molecule has 0 amide bonds. The van der Waals surface area contributed by atoms with Crippen LogP contribution in [0.15, 0.2) is 70.8 Å². The molecule has 3 rings (SSSR count). The molecule has 0 aromatic heterocycles. The van der Waals surface area contributed by atoms with E-state index in [1.54, 1.807) is 0 Å². The summed E-state index contributed by atoms with van der Waals surface area (Å²) in [6, 6.07) is 13.4. The Balaban J connectivity index is 2.00. The molecule has 2 aromatic rings. The van der Waals surface area contributed by atoms with E-state index >= 15 is 0 Å². The van der Waals surface area contributed by atoms with Crippen LogP contribution >= 0.6 is 0 Å². The number of nitrogens with one attached hydrogen (secondary N) is 3. The molecule has 37 heavy (non-hydrogen) atoms. The Bertz CT molecular complexity index is 1150. The monoisotopic (exact) mass is 499 g/mol. The molecule has 200 valence electrons. The quantitative estimate of drug-likeness (QED) is 0.338. The minimum absolute atomic E-state index is 0.452. The highest BCUT2D eigenvalue weighted by Gasteiger charge is 2.19. The summed E-state index contributed by atoms with van der Waals surface area (Å²) in [6.45, 7) is 24.8. The summed E-state index contributed by atoms with van der Waals surface area (Å²) in [6.07, 6.45) is 3.20.